The second-order valence-corrected chi connectivity index (χ2v) is 13.3. The molecule has 4 unspecified atom stereocenters. The topological polar surface area (TPSA) is 191 Å². The summed E-state index contributed by atoms with van der Waals surface area (Å²) in [5.41, 5.74) is 16.4. The zero-order valence-corrected chi connectivity index (χ0v) is 27.4. The number of carbonyl (C=O) groups is 1. The summed E-state index contributed by atoms with van der Waals surface area (Å²) < 4.78 is 17.9. The zero-order valence-electron chi connectivity index (χ0n) is 27.4. The molecule has 0 saturated carbocycles. The van der Waals surface area contributed by atoms with Crippen LogP contribution in [0.25, 0.3) is 11.5 Å². The van der Waals surface area contributed by atoms with Crippen molar-refractivity contribution >= 4 is 23.6 Å². The minimum atomic E-state index is -0.487. The quantitative estimate of drug-likeness (QED) is 0.184. The molecule has 1 aromatic carbocycles. The van der Waals surface area contributed by atoms with Crippen molar-refractivity contribution in [3.63, 3.8) is 0 Å². The second kappa shape index (κ2) is 13.0. The average Bonchev–Trinajstić information content (AvgIpc) is 3.89. The summed E-state index contributed by atoms with van der Waals surface area (Å²) in [7, 11) is 2.11. The van der Waals surface area contributed by atoms with E-state index in [1.807, 2.05) is 19.1 Å². The number of aromatic nitrogens is 3. The molecule has 7 rings (SSSR count). The molecule has 4 aliphatic rings. The fraction of sp³-hybridized carbons (Fsp3) is 0.486. The lowest BCUT2D eigenvalue weighted by molar-refractivity contribution is -0.118. The third-order valence-corrected chi connectivity index (χ3v) is 10.3. The summed E-state index contributed by atoms with van der Waals surface area (Å²) in [6, 6.07) is 8.07. The number of benzene rings is 1. The van der Waals surface area contributed by atoms with Gasteiger partial charge in [0.2, 0.25) is 5.88 Å². The largest absolute Gasteiger partial charge is 0.473 e. The molecule has 250 valence electrons. The molecule has 2 saturated heterocycles. The van der Waals surface area contributed by atoms with E-state index in [4.69, 9.17) is 35.4 Å². The van der Waals surface area contributed by atoms with Crippen LogP contribution in [0.2, 0.25) is 0 Å². The number of rotatable bonds is 8. The van der Waals surface area contributed by atoms with Crippen LogP contribution in [0, 0.1) is 11.3 Å². The van der Waals surface area contributed by atoms with E-state index in [0.717, 1.165) is 80.4 Å². The van der Waals surface area contributed by atoms with Gasteiger partial charge >= 0.3 is 0 Å². The third-order valence-electron chi connectivity index (χ3n) is 10.3. The first-order chi connectivity index (χ1) is 23.3. The number of fused-ring (bicyclic) bond motifs is 4. The van der Waals surface area contributed by atoms with E-state index < -0.39 is 5.41 Å². The number of aryl methyl sites for hydroxylation is 1. The fourth-order valence-corrected chi connectivity index (χ4v) is 7.89. The minimum absolute atomic E-state index is 0.0272. The number of amides is 1. The molecule has 2 aliphatic carbocycles. The second-order valence-electron chi connectivity index (χ2n) is 13.3. The first-order valence-corrected chi connectivity index (χ1v) is 16.7. The molecule has 3 aromatic rings. The molecule has 5 N–H and O–H groups in total. The lowest BCUT2D eigenvalue weighted by Gasteiger charge is -2.33. The van der Waals surface area contributed by atoms with Crippen LogP contribution < -0.4 is 21.5 Å². The Labute approximate surface area is 279 Å². The Morgan fingerprint density at radius 1 is 1.27 bits per heavy atom. The van der Waals surface area contributed by atoms with Crippen molar-refractivity contribution in [3.8, 4) is 23.5 Å². The number of anilines is 1. The number of allylic oxidation sites excluding steroid dienone is 1. The molecular formula is C35H41N9O4. The summed E-state index contributed by atoms with van der Waals surface area (Å²) in [5, 5.41) is 17.5. The van der Waals surface area contributed by atoms with Gasteiger partial charge in [0.05, 0.1) is 29.3 Å². The van der Waals surface area contributed by atoms with E-state index in [1.54, 1.807) is 6.07 Å². The summed E-state index contributed by atoms with van der Waals surface area (Å²) in [5.74, 6) is 1.39. The normalized spacial score (nSPS) is 24.5. The number of likely N-dealkylation sites (tertiary alicyclic amines) is 1. The van der Waals surface area contributed by atoms with Crippen molar-refractivity contribution in [1.82, 2.24) is 25.3 Å². The van der Waals surface area contributed by atoms with Gasteiger partial charge in [0.1, 0.15) is 12.2 Å². The molecular weight excluding hydrogens is 610 g/mol. The molecule has 0 bridgehead atoms. The Morgan fingerprint density at radius 3 is 2.92 bits per heavy atom. The van der Waals surface area contributed by atoms with Crippen LogP contribution in [-0.2, 0) is 27.8 Å². The summed E-state index contributed by atoms with van der Waals surface area (Å²) in [6.07, 6.45) is 9.75. The highest BCUT2D eigenvalue weighted by Gasteiger charge is 2.49. The van der Waals surface area contributed by atoms with Gasteiger partial charge in [0.25, 0.3) is 5.91 Å². The van der Waals surface area contributed by atoms with Crippen molar-refractivity contribution in [1.29, 1.82) is 5.26 Å². The number of nitrogens with two attached hydrogens (primary N) is 2. The molecule has 1 amide bonds. The number of ether oxygens (including phenoxy) is 2. The summed E-state index contributed by atoms with van der Waals surface area (Å²) >= 11 is 0. The maximum Gasteiger partial charge on any atom is 0.267 e. The molecule has 0 radical (unpaired) electrons. The number of nitrogens with one attached hydrogen (secondary N) is 1. The van der Waals surface area contributed by atoms with Crippen LogP contribution in [-0.4, -0.2) is 77.1 Å². The van der Waals surface area contributed by atoms with Crippen molar-refractivity contribution < 1.29 is 18.8 Å². The van der Waals surface area contributed by atoms with Crippen molar-refractivity contribution in [2.75, 3.05) is 32.5 Å². The maximum atomic E-state index is 12.5. The molecule has 13 heteroatoms. The SMILES string of the molecule is CC(Oc1cc(/N=C/C=C(\N)C(=O)NC2CCOC2)nc(-c2noc3c2CCCC32CCc3ccc(N)c(C#N)c32)n1)C1CCCN1C. The monoisotopic (exact) mass is 651 g/mol. The maximum absolute atomic E-state index is 12.5. The van der Waals surface area contributed by atoms with Crippen molar-refractivity contribution in [2.45, 2.75) is 81.9 Å². The predicted molar refractivity (Wildman–Crippen MR) is 179 cm³/mol. The first-order valence-electron chi connectivity index (χ1n) is 16.7. The molecule has 4 atom stereocenters. The number of nitriles is 1. The van der Waals surface area contributed by atoms with Gasteiger partial charge in [0, 0.05) is 36.2 Å². The number of carbonyl (C=O) groups excluding carboxylic acids is 1. The molecule has 2 fully saturated rings. The molecule has 4 heterocycles. The van der Waals surface area contributed by atoms with Crippen LogP contribution >= 0.6 is 0 Å². The highest BCUT2D eigenvalue weighted by molar-refractivity contribution is 5.96. The smallest absolute Gasteiger partial charge is 0.267 e. The van der Waals surface area contributed by atoms with E-state index in [1.165, 1.54) is 12.3 Å². The van der Waals surface area contributed by atoms with E-state index >= 15 is 0 Å². The Kier molecular flexibility index (Phi) is 8.61. The van der Waals surface area contributed by atoms with E-state index in [-0.39, 0.29) is 29.8 Å². The molecule has 48 heavy (non-hydrogen) atoms. The van der Waals surface area contributed by atoms with Crippen LogP contribution in [0.3, 0.4) is 0 Å². The summed E-state index contributed by atoms with van der Waals surface area (Å²) in [4.78, 5) is 28.9. The zero-order chi connectivity index (χ0) is 33.4. The highest BCUT2D eigenvalue weighted by atomic mass is 16.5. The van der Waals surface area contributed by atoms with Crippen molar-refractivity contribution in [2.24, 2.45) is 10.7 Å². The van der Waals surface area contributed by atoms with Gasteiger partial charge in [-0.3, -0.25) is 9.69 Å². The molecule has 2 aromatic heterocycles. The minimum Gasteiger partial charge on any atom is -0.473 e. The van der Waals surface area contributed by atoms with Gasteiger partial charge in [-0.25, -0.2) is 9.98 Å². The van der Waals surface area contributed by atoms with E-state index in [2.05, 4.69) is 33.5 Å². The number of aliphatic imine (C=N–C) groups is 1. The molecule has 13 nitrogen and oxygen atoms in total. The third kappa shape index (κ3) is 5.79. The lowest BCUT2D eigenvalue weighted by atomic mass is 9.68. The number of hydrogen-bond acceptors (Lipinski definition) is 12. The van der Waals surface area contributed by atoms with E-state index in [0.29, 0.717) is 47.7 Å². The van der Waals surface area contributed by atoms with Gasteiger partial charge in [-0.1, -0.05) is 11.2 Å². The molecule has 1 spiro atoms. The van der Waals surface area contributed by atoms with E-state index in [9.17, 15) is 10.1 Å². The number of likely N-dealkylation sites (N-methyl/N-ethyl adjacent to an activating group) is 1. The van der Waals surface area contributed by atoms with Crippen molar-refractivity contribution in [3.05, 3.63) is 58.0 Å². The Balaban J connectivity index is 1.23. The predicted octanol–water partition coefficient (Wildman–Crippen LogP) is 3.47. The first kappa shape index (κ1) is 31.8. The van der Waals surface area contributed by atoms with Crippen LogP contribution in [0.4, 0.5) is 11.5 Å². The van der Waals surface area contributed by atoms with Gasteiger partial charge in [-0.2, -0.15) is 10.2 Å². The fourth-order valence-electron chi connectivity index (χ4n) is 7.89. The Bertz CT molecular complexity index is 1820. The Morgan fingerprint density at radius 2 is 2.15 bits per heavy atom. The standard InChI is InChI=1S/C35H41N9O4/c1-20(27-6-4-15-44(27)2)47-29-17-28(39-14-10-26(38)34(45)40-22-11-16-46-19-22)41-33(42-29)31-23-5-3-12-35(32(23)48-43-31)13-9-21-7-8-25(37)24(18-36)30(21)35/h7-8,10,14,17,20,22,27H,3-6,9,11-13,15-16,19,37-38H2,1-2H3,(H,40,45)/b26-10-,39-14+. The number of hydrogen-bond donors (Lipinski definition) is 3. The average molecular weight is 652 g/mol. The highest BCUT2D eigenvalue weighted by Crippen LogP contribution is 2.54. The van der Waals surface area contributed by atoms with Gasteiger partial charge < -0.3 is 30.8 Å². The van der Waals surface area contributed by atoms with Gasteiger partial charge in [-0.15, -0.1) is 0 Å². The Hall–Kier alpha value is -4.80. The lowest BCUT2D eigenvalue weighted by Crippen LogP contribution is -2.38. The van der Waals surface area contributed by atoms with Gasteiger partial charge in [-0.05, 0) is 95.2 Å². The molecule has 2 aliphatic heterocycles. The number of nitrogens with zero attached hydrogens (tertiary/aromatic N) is 6. The summed E-state index contributed by atoms with van der Waals surface area (Å²) in [6.45, 7) is 4.16. The van der Waals surface area contributed by atoms with Gasteiger partial charge in [0.15, 0.2) is 23.1 Å². The number of nitrogen functional groups attached to an aromatic ring is 1. The van der Waals surface area contributed by atoms with Crippen LogP contribution in [0.5, 0.6) is 5.88 Å². The van der Waals surface area contributed by atoms with Crippen LogP contribution in [0.1, 0.15) is 73.5 Å². The van der Waals surface area contributed by atoms with Crippen LogP contribution in [0.15, 0.2) is 39.5 Å².